The Hall–Kier alpha value is -2.43. The fourth-order valence-corrected chi connectivity index (χ4v) is 2.18. The van der Waals surface area contributed by atoms with Gasteiger partial charge in [0, 0.05) is 18.2 Å². The number of aryl methyl sites for hydroxylation is 1. The van der Waals surface area contributed by atoms with E-state index in [2.05, 4.69) is 10.3 Å². The summed E-state index contributed by atoms with van der Waals surface area (Å²) < 4.78 is 21.0. The Labute approximate surface area is 109 Å². The quantitative estimate of drug-likeness (QED) is 0.708. The Bertz CT molecular complexity index is 752. The van der Waals surface area contributed by atoms with Gasteiger partial charge in [-0.3, -0.25) is 0 Å². The van der Waals surface area contributed by atoms with Crippen molar-refractivity contribution in [3.05, 3.63) is 42.2 Å². The zero-order valence-corrected chi connectivity index (χ0v) is 10.6. The zero-order chi connectivity index (χ0) is 13.4. The van der Waals surface area contributed by atoms with Crippen LogP contribution in [0.2, 0.25) is 0 Å². The second kappa shape index (κ2) is 4.35. The topological polar surface area (TPSA) is 39.9 Å². The number of benzene rings is 2. The Morgan fingerprint density at radius 3 is 2.63 bits per heavy atom. The molecule has 2 aromatic carbocycles. The molecule has 0 saturated carbocycles. The maximum absolute atomic E-state index is 13.9. The van der Waals surface area contributed by atoms with Gasteiger partial charge in [0.2, 0.25) is 0 Å². The molecule has 0 aliphatic carbocycles. The van der Waals surface area contributed by atoms with E-state index in [1.165, 1.54) is 6.07 Å². The molecule has 3 aromatic rings. The number of rotatable bonds is 2. The summed E-state index contributed by atoms with van der Waals surface area (Å²) in [5.74, 6) is 0.250. The second-order valence-electron chi connectivity index (χ2n) is 4.21. The van der Waals surface area contributed by atoms with Crippen LogP contribution < -0.4 is 4.74 Å². The van der Waals surface area contributed by atoms with Gasteiger partial charge in [0.15, 0.2) is 11.3 Å². The van der Waals surface area contributed by atoms with Crippen LogP contribution >= 0.6 is 0 Å². The molecule has 0 bridgehead atoms. The summed E-state index contributed by atoms with van der Waals surface area (Å²) in [6.45, 7) is 0. The first-order valence-electron chi connectivity index (χ1n) is 5.83. The highest BCUT2D eigenvalue weighted by molar-refractivity contribution is 5.90. The predicted molar refractivity (Wildman–Crippen MR) is 70.5 cm³/mol. The molecule has 1 heterocycles. The van der Waals surface area contributed by atoms with E-state index >= 15 is 0 Å². The number of halogens is 1. The molecule has 0 unspecified atom stereocenters. The summed E-state index contributed by atoms with van der Waals surface area (Å²) in [5, 5.41) is 8.02. The lowest BCUT2D eigenvalue weighted by Gasteiger charge is -2.09. The van der Waals surface area contributed by atoms with E-state index in [1.54, 1.807) is 37.0 Å². The molecule has 0 aliphatic heterocycles. The summed E-state index contributed by atoms with van der Waals surface area (Å²) in [4.78, 5) is 0. The zero-order valence-electron chi connectivity index (χ0n) is 10.6. The van der Waals surface area contributed by atoms with Gasteiger partial charge < -0.3 is 4.74 Å². The van der Waals surface area contributed by atoms with Crippen LogP contribution in [-0.2, 0) is 7.05 Å². The van der Waals surface area contributed by atoms with Crippen LogP contribution in [0.3, 0.4) is 0 Å². The van der Waals surface area contributed by atoms with Gasteiger partial charge in [-0.2, -0.15) is 0 Å². The Morgan fingerprint density at radius 1 is 1.11 bits per heavy atom. The normalized spacial score (nSPS) is 10.9. The van der Waals surface area contributed by atoms with Crippen molar-refractivity contribution < 1.29 is 9.13 Å². The molecule has 0 spiro atoms. The first kappa shape index (κ1) is 11.6. The van der Waals surface area contributed by atoms with Crippen LogP contribution in [0.4, 0.5) is 4.39 Å². The van der Waals surface area contributed by atoms with Gasteiger partial charge >= 0.3 is 0 Å². The third kappa shape index (κ3) is 1.74. The van der Waals surface area contributed by atoms with E-state index in [-0.39, 0.29) is 5.82 Å². The Morgan fingerprint density at radius 2 is 1.89 bits per heavy atom. The SMILES string of the molecule is COc1c(-c2ccccc2F)ccc2c1nnn2C. The van der Waals surface area contributed by atoms with Crippen LogP contribution in [0.15, 0.2) is 36.4 Å². The van der Waals surface area contributed by atoms with E-state index in [9.17, 15) is 4.39 Å². The van der Waals surface area contributed by atoms with Crippen molar-refractivity contribution in [2.24, 2.45) is 7.05 Å². The molecule has 1 aromatic heterocycles. The third-order valence-corrected chi connectivity index (χ3v) is 3.11. The minimum Gasteiger partial charge on any atom is -0.494 e. The Balaban J connectivity index is 2.33. The predicted octanol–water partition coefficient (Wildman–Crippen LogP) is 2.78. The van der Waals surface area contributed by atoms with Crippen LogP contribution in [0.1, 0.15) is 0 Å². The van der Waals surface area contributed by atoms with Crippen LogP contribution in [0.5, 0.6) is 5.75 Å². The standard InChI is InChI=1S/C14H12FN3O/c1-18-12-8-7-10(9-5-3-4-6-11(9)15)14(19-2)13(12)16-17-18/h3-8H,1-2H3. The number of hydrogen-bond acceptors (Lipinski definition) is 3. The summed E-state index contributed by atoms with van der Waals surface area (Å²) in [6.07, 6.45) is 0. The Kier molecular flexibility index (Phi) is 2.67. The van der Waals surface area contributed by atoms with Crippen molar-refractivity contribution in [2.45, 2.75) is 0 Å². The fourth-order valence-electron chi connectivity index (χ4n) is 2.18. The van der Waals surface area contributed by atoms with E-state index in [0.29, 0.717) is 22.4 Å². The van der Waals surface area contributed by atoms with E-state index in [0.717, 1.165) is 5.52 Å². The molecule has 0 saturated heterocycles. The molecule has 5 heteroatoms. The lowest BCUT2D eigenvalue weighted by Crippen LogP contribution is -1.93. The lowest BCUT2D eigenvalue weighted by atomic mass is 10.0. The van der Waals surface area contributed by atoms with Gasteiger partial charge in [0.1, 0.15) is 5.82 Å². The first-order valence-corrected chi connectivity index (χ1v) is 5.83. The van der Waals surface area contributed by atoms with Crippen molar-refractivity contribution in [1.29, 1.82) is 0 Å². The fraction of sp³-hybridized carbons (Fsp3) is 0.143. The molecule has 4 nitrogen and oxygen atoms in total. The van der Waals surface area contributed by atoms with Gasteiger partial charge in [-0.25, -0.2) is 9.07 Å². The summed E-state index contributed by atoms with van der Waals surface area (Å²) in [5.41, 5.74) is 2.64. The van der Waals surface area contributed by atoms with Crippen molar-refractivity contribution in [3.8, 4) is 16.9 Å². The van der Waals surface area contributed by atoms with E-state index in [1.807, 2.05) is 12.1 Å². The van der Waals surface area contributed by atoms with Gasteiger partial charge in [0.25, 0.3) is 0 Å². The number of methoxy groups -OCH3 is 1. The number of hydrogen-bond donors (Lipinski definition) is 0. The number of fused-ring (bicyclic) bond motifs is 1. The molecular weight excluding hydrogens is 245 g/mol. The van der Waals surface area contributed by atoms with Crippen molar-refractivity contribution in [2.75, 3.05) is 7.11 Å². The molecule has 0 amide bonds. The number of aromatic nitrogens is 3. The molecule has 0 atom stereocenters. The van der Waals surface area contributed by atoms with Gasteiger partial charge in [0.05, 0.1) is 12.6 Å². The lowest BCUT2D eigenvalue weighted by molar-refractivity contribution is 0.420. The van der Waals surface area contributed by atoms with E-state index in [4.69, 9.17) is 4.74 Å². The highest BCUT2D eigenvalue weighted by Gasteiger charge is 2.16. The van der Waals surface area contributed by atoms with Crippen molar-refractivity contribution in [1.82, 2.24) is 15.0 Å². The van der Waals surface area contributed by atoms with Crippen molar-refractivity contribution in [3.63, 3.8) is 0 Å². The van der Waals surface area contributed by atoms with E-state index < -0.39 is 0 Å². The highest BCUT2D eigenvalue weighted by Crippen LogP contribution is 2.36. The molecule has 0 radical (unpaired) electrons. The molecule has 96 valence electrons. The molecule has 0 fully saturated rings. The molecule has 3 rings (SSSR count). The highest BCUT2D eigenvalue weighted by atomic mass is 19.1. The largest absolute Gasteiger partial charge is 0.494 e. The minimum absolute atomic E-state index is 0.288. The molecule has 19 heavy (non-hydrogen) atoms. The average molecular weight is 257 g/mol. The monoisotopic (exact) mass is 257 g/mol. The average Bonchev–Trinajstić information content (AvgIpc) is 2.80. The third-order valence-electron chi connectivity index (χ3n) is 3.11. The van der Waals surface area contributed by atoms with Crippen molar-refractivity contribution >= 4 is 11.0 Å². The minimum atomic E-state index is -0.288. The summed E-state index contributed by atoms with van der Waals surface area (Å²) in [7, 11) is 3.35. The van der Waals surface area contributed by atoms with Crippen LogP contribution in [-0.4, -0.2) is 22.1 Å². The first-order chi connectivity index (χ1) is 9.22. The van der Waals surface area contributed by atoms with Crippen LogP contribution in [0.25, 0.3) is 22.2 Å². The maximum atomic E-state index is 13.9. The summed E-state index contributed by atoms with van der Waals surface area (Å²) in [6, 6.07) is 10.3. The van der Waals surface area contributed by atoms with Gasteiger partial charge in [-0.15, -0.1) is 5.10 Å². The maximum Gasteiger partial charge on any atom is 0.156 e. The van der Waals surface area contributed by atoms with Gasteiger partial charge in [-0.05, 0) is 18.2 Å². The number of nitrogens with zero attached hydrogens (tertiary/aromatic N) is 3. The molecule has 0 N–H and O–H groups in total. The summed E-state index contributed by atoms with van der Waals surface area (Å²) >= 11 is 0. The smallest absolute Gasteiger partial charge is 0.156 e. The van der Waals surface area contributed by atoms with Crippen LogP contribution in [0, 0.1) is 5.82 Å². The molecular formula is C14H12FN3O. The number of ether oxygens (including phenoxy) is 1. The second-order valence-corrected chi connectivity index (χ2v) is 4.21. The van der Waals surface area contributed by atoms with Gasteiger partial charge in [-0.1, -0.05) is 23.4 Å². The molecule has 0 aliphatic rings.